The predicted molar refractivity (Wildman–Crippen MR) is 127 cm³/mol. The molecule has 1 amide bonds. The summed E-state index contributed by atoms with van der Waals surface area (Å²) in [7, 11) is -3.90. The van der Waals surface area contributed by atoms with Crippen molar-refractivity contribution < 1.29 is 13.2 Å². The van der Waals surface area contributed by atoms with Gasteiger partial charge in [0.1, 0.15) is 5.01 Å². The first-order valence-corrected chi connectivity index (χ1v) is 13.1. The second-order valence-corrected chi connectivity index (χ2v) is 10.8. The average Bonchev–Trinajstić information content (AvgIpc) is 3.52. The lowest BCUT2D eigenvalue weighted by Gasteiger charge is -2.11. The van der Waals surface area contributed by atoms with Crippen LogP contribution in [0.25, 0.3) is 0 Å². The number of amides is 1. The lowest BCUT2D eigenvalue weighted by Crippen LogP contribution is -2.16. The van der Waals surface area contributed by atoms with Crippen LogP contribution in [-0.2, 0) is 16.4 Å². The number of carbonyl (C=O) groups excluding carboxylic acids is 1. The topological polar surface area (TPSA) is 101 Å². The largest absolute Gasteiger partial charge is 0.296 e. The fraction of sp³-hybridized carbons (Fsp3) is 0.318. The molecule has 0 unspecified atom stereocenters. The zero-order chi connectivity index (χ0) is 22.7. The minimum atomic E-state index is -3.90. The van der Waals surface area contributed by atoms with Crippen molar-refractivity contribution in [3.63, 3.8) is 0 Å². The SMILES string of the molecule is CCCCc1ccc(NS(=O)(=O)c2ccc(Cl)c(C(=O)Nc3nnc(C4CC4)s3)c2)cc1. The third-order valence-corrected chi connectivity index (χ3v) is 7.82. The number of benzene rings is 2. The summed E-state index contributed by atoms with van der Waals surface area (Å²) >= 11 is 7.51. The van der Waals surface area contributed by atoms with Gasteiger partial charge in [0.15, 0.2) is 0 Å². The van der Waals surface area contributed by atoms with Crippen molar-refractivity contribution in [2.45, 2.75) is 49.8 Å². The van der Waals surface area contributed by atoms with Crippen LogP contribution in [0.1, 0.15) is 59.5 Å². The van der Waals surface area contributed by atoms with Crippen LogP contribution < -0.4 is 10.0 Å². The molecule has 1 aliphatic carbocycles. The molecule has 32 heavy (non-hydrogen) atoms. The van der Waals surface area contributed by atoms with Crippen LogP contribution >= 0.6 is 22.9 Å². The number of aromatic nitrogens is 2. The van der Waals surface area contributed by atoms with Gasteiger partial charge in [-0.15, -0.1) is 10.2 Å². The smallest absolute Gasteiger partial charge is 0.261 e. The number of aryl methyl sites for hydroxylation is 1. The molecule has 0 aliphatic heterocycles. The molecule has 0 spiro atoms. The fourth-order valence-electron chi connectivity index (χ4n) is 3.12. The monoisotopic (exact) mass is 490 g/mol. The number of rotatable bonds is 9. The number of sulfonamides is 1. The maximum absolute atomic E-state index is 12.9. The van der Waals surface area contributed by atoms with E-state index in [4.69, 9.17) is 11.6 Å². The summed E-state index contributed by atoms with van der Waals surface area (Å²) in [6, 6.07) is 11.3. The standard InChI is InChI=1S/C22H23ClN4O3S2/c1-2-3-4-14-5-9-16(10-6-14)27-32(29,30)17-11-12-19(23)18(13-17)20(28)24-22-26-25-21(31-22)15-7-8-15/h5-6,9-13,15,27H,2-4,7-8H2,1H3,(H,24,26,28). The van der Waals surface area contributed by atoms with Gasteiger partial charge in [-0.2, -0.15) is 0 Å². The van der Waals surface area contributed by atoms with E-state index in [1.54, 1.807) is 12.1 Å². The van der Waals surface area contributed by atoms with Crippen LogP contribution in [-0.4, -0.2) is 24.5 Å². The number of anilines is 2. The molecule has 1 heterocycles. The van der Waals surface area contributed by atoms with Crippen LogP contribution in [0, 0.1) is 0 Å². The Kier molecular flexibility index (Phi) is 6.78. The number of halogens is 1. The van der Waals surface area contributed by atoms with Gasteiger partial charge in [0.2, 0.25) is 5.13 Å². The Hall–Kier alpha value is -2.49. The molecule has 0 radical (unpaired) electrons. The van der Waals surface area contributed by atoms with Gasteiger partial charge in [-0.3, -0.25) is 14.8 Å². The summed E-state index contributed by atoms with van der Waals surface area (Å²) in [5.74, 6) is -0.104. The van der Waals surface area contributed by atoms with Crippen molar-refractivity contribution in [1.29, 1.82) is 0 Å². The van der Waals surface area contributed by atoms with Crippen LogP contribution in [0.3, 0.4) is 0 Å². The lowest BCUT2D eigenvalue weighted by molar-refractivity contribution is 0.102. The predicted octanol–water partition coefficient (Wildman–Crippen LogP) is 5.46. The summed E-state index contributed by atoms with van der Waals surface area (Å²) < 4.78 is 28.3. The highest BCUT2D eigenvalue weighted by atomic mass is 35.5. The van der Waals surface area contributed by atoms with Gasteiger partial charge in [0, 0.05) is 11.6 Å². The second-order valence-electron chi connectivity index (χ2n) is 7.72. The zero-order valence-electron chi connectivity index (χ0n) is 17.5. The quantitative estimate of drug-likeness (QED) is 0.414. The molecule has 1 aliphatic rings. The maximum Gasteiger partial charge on any atom is 0.261 e. The van der Waals surface area contributed by atoms with Crippen molar-refractivity contribution in [1.82, 2.24) is 10.2 Å². The summed E-state index contributed by atoms with van der Waals surface area (Å²) in [4.78, 5) is 12.7. The second kappa shape index (κ2) is 9.56. The van der Waals surface area contributed by atoms with E-state index in [0.29, 0.717) is 16.7 Å². The molecule has 2 N–H and O–H groups in total. The lowest BCUT2D eigenvalue weighted by atomic mass is 10.1. The van der Waals surface area contributed by atoms with Gasteiger partial charge in [-0.1, -0.05) is 48.4 Å². The third kappa shape index (κ3) is 5.46. The van der Waals surface area contributed by atoms with Crippen molar-refractivity contribution in [2.24, 2.45) is 0 Å². The van der Waals surface area contributed by atoms with Gasteiger partial charge < -0.3 is 0 Å². The summed E-state index contributed by atoms with van der Waals surface area (Å²) in [5.41, 5.74) is 1.65. The van der Waals surface area contributed by atoms with Crippen molar-refractivity contribution in [3.05, 3.63) is 63.6 Å². The minimum absolute atomic E-state index is 0.0487. The first-order chi connectivity index (χ1) is 15.4. The molecule has 2 aromatic carbocycles. The molecule has 1 saturated carbocycles. The normalized spacial score (nSPS) is 13.7. The van der Waals surface area contributed by atoms with Gasteiger partial charge in [0.05, 0.1) is 15.5 Å². The van der Waals surface area contributed by atoms with Gasteiger partial charge in [-0.05, 0) is 61.6 Å². The van der Waals surface area contributed by atoms with Gasteiger partial charge >= 0.3 is 0 Å². The molecule has 4 rings (SSSR count). The van der Waals surface area contributed by atoms with Crippen LogP contribution in [0.5, 0.6) is 0 Å². The fourth-order valence-corrected chi connectivity index (χ4v) is 5.32. The van der Waals surface area contributed by atoms with Crippen molar-refractivity contribution >= 4 is 49.7 Å². The van der Waals surface area contributed by atoms with Crippen LogP contribution in [0.2, 0.25) is 5.02 Å². The Bertz CT molecular complexity index is 1220. The molecule has 1 fully saturated rings. The Balaban J connectivity index is 1.49. The molecule has 168 valence electrons. The van der Waals surface area contributed by atoms with Crippen LogP contribution in [0.15, 0.2) is 47.4 Å². The van der Waals surface area contributed by atoms with E-state index in [1.165, 1.54) is 29.5 Å². The van der Waals surface area contributed by atoms with E-state index >= 15 is 0 Å². The number of nitrogens with zero attached hydrogens (tertiary/aromatic N) is 2. The molecular weight excluding hydrogens is 468 g/mol. The molecule has 0 atom stereocenters. The molecule has 7 nitrogen and oxygen atoms in total. The molecule has 0 saturated heterocycles. The molecular formula is C22H23ClN4O3S2. The Morgan fingerprint density at radius 3 is 2.59 bits per heavy atom. The number of nitrogens with one attached hydrogen (secondary N) is 2. The maximum atomic E-state index is 12.9. The van der Waals surface area contributed by atoms with E-state index in [1.807, 2.05) is 12.1 Å². The Labute approximate surface area is 196 Å². The van der Waals surface area contributed by atoms with E-state index < -0.39 is 15.9 Å². The molecule has 10 heteroatoms. The number of hydrogen-bond donors (Lipinski definition) is 2. The molecule has 3 aromatic rings. The van der Waals surface area contributed by atoms with Crippen molar-refractivity contribution in [2.75, 3.05) is 10.0 Å². The first kappa shape index (κ1) is 22.7. The van der Waals surface area contributed by atoms with Gasteiger partial charge in [-0.25, -0.2) is 8.42 Å². The van der Waals surface area contributed by atoms with Crippen LogP contribution in [0.4, 0.5) is 10.8 Å². The average molecular weight is 491 g/mol. The van der Waals surface area contributed by atoms with Gasteiger partial charge in [0.25, 0.3) is 15.9 Å². The van der Waals surface area contributed by atoms with E-state index in [-0.39, 0.29) is 15.5 Å². The summed E-state index contributed by atoms with van der Waals surface area (Å²) in [6.45, 7) is 2.13. The highest BCUT2D eigenvalue weighted by Crippen LogP contribution is 2.42. The highest BCUT2D eigenvalue weighted by Gasteiger charge is 2.28. The summed E-state index contributed by atoms with van der Waals surface area (Å²) in [5, 5.41) is 12.1. The van der Waals surface area contributed by atoms with E-state index in [9.17, 15) is 13.2 Å². The molecule has 1 aromatic heterocycles. The minimum Gasteiger partial charge on any atom is -0.296 e. The van der Waals surface area contributed by atoms with E-state index in [0.717, 1.165) is 42.7 Å². The Morgan fingerprint density at radius 2 is 1.91 bits per heavy atom. The number of unbranched alkanes of at least 4 members (excludes halogenated alkanes) is 1. The number of hydrogen-bond acceptors (Lipinski definition) is 6. The third-order valence-electron chi connectivity index (χ3n) is 5.11. The van der Waals surface area contributed by atoms with E-state index in [2.05, 4.69) is 27.2 Å². The highest BCUT2D eigenvalue weighted by molar-refractivity contribution is 7.92. The summed E-state index contributed by atoms with van der Waals surface area (Å²) in [6.07, 6.45) is 5.31. The van der Waals surface area contributed by atoms with Crippen molar-refractivity contribution in [3.8, 4) is 0 Å². The zero-order valence-corrected chi connectivity index (χ0v) is 19.9. The Morgan fingerprint density at radius 1 is 1.16 bits per heavy atom. The molecule has 0 bridgehead atoms. The first-order valence-electron chi connectivity index (χ1n) is 10.4. The number of carbonyl (C=O) groups is 1.